The second kappa shape index (κ2) is 9.83. The number of hydrogen-bond acceptors (Lipinski definition) is 3. The van der Waals surface area contributed by atoms with Crippen molar-refractivity contribution in [3.63, 3.8) is 0 Å². The van der Waals surface area contributed by atoms with Crippen LogP contribution in [-0.2, 0) is 11.2 Å². The van der Waals surface area contributed by atoms with E-state index in [1.54, 1.807) is 0 Å². The maximum atomic E-state index is 11.5. The number of likely N-dealkylation sites (N-methyl/N-ethyl adjacent to an activating group) is 1. The fraction of sp³-hybridized carbons (Fsp3) is 0.667. The zero-order valence-corrected chi connectivity index (χ0v) is 15.6. The van der Waals surface area contributed by atoms with Crippen molar-refractivity contribution >= 4 is 5.97 Å². The van der Waals surface area contributed by atoms with Gasteiger partial charge in [-0.3, -0.25) is 0 Å². The Morgan fingerprint density at radius 1 is 1.17 bits per heavy atom. The van der Waals surface area contributed by atoms with Gasteiger partial charge < -0.3 is 9.64 Å². The normalized spacial score (nSPS) is 20.5. The Morgan fingerprint density at radius 2 is 1.88 bits per heavy atom. The van der Waals surface area contributed by atoms with Gasteiger partial charge in [0.2, 0.25) is 0 Å². The first-order valence-electron chi connectivity index (χ1n) is 9.55. The third-order valence-corrected chi connectivity index (χ3v) is 5.40. The molecule has 0 radical (unpaired) electrons. The summed E-state index contributed by atoms with van der Waals surface area (Å²) in [5.41, 5.74) is 1.91. The number of hydrogen-bond donors (Lipinski definition) is 0. The summed E-state index contributed by atoms with van der Waals surface area (Å²) in [6.45, 7) is 8.03. The monoisotopic (exact) mass is 331 g/mol. The Hall–Kier alpha value is -1.35. The molecule has 2 unspecified atom stereocenters. The summed E-state index contributed by atoms with van der Waals surface area (Å²) in [6.07, 6.45) is 8.06. The minimum atomic E-state index is -0.264. The largest absolute Gasteiger partial charge is 0.465 e. The van der Waals surface area contributed by atoms with Crippen molar-refractivity contribution in [1.29, 1.82) is 0 Å². The third-order valence-electron chi connectivity index (χ3n) is 5.40. The summed E-state index contributed by atoms with van der Waals surface area (Å²) >= 11 is 0. The lowest BCUT2D eigenvalue weighted by atomic mass is 10.00. The van der Waals surface area contributed by atoms with E-state index in [0.29, 0.717) is 5.56 Å². The second-order valence-electron chi connectivity index (χ2n) is 7.17. The molecule has 24 heavy (non-hydrogen) atoms. The smallest absolute Gasteiger partial charge is 0.337 e. The van der Waals surface area contributed by atoms with Crippen LogP contribution in [0.2, 0.25) is 0 Å². The molecule has 0 spiro atoms. The highest BCUT2D eigenvalue weighted by Gasteiger charge is 2.25. The molecule has 1 aromatic carbocycles. The van der Waals surface area contributed by atoms with Crippen molar-refractivity contribution in [2.75, 3.05) is 26.7 Å². The standard InChI is InChI=1S/C21H33NO2/c1-4-6-18-7-8-19(15-18)16-22(5-2)14-13-17-9-11-20(12-10-17)21(23)24-3/h9-12,18-19H,4-8,13-16H2,1-3H3. The Morgan fingerprint density at radius 3 is 2.50 bits per heavy atom. The maximum absolute atomic E-state index is 11.5. The number of ether oxygens (including phenoxy) is 1. The van der Waals surface area contributed by atoms with Crippen LogP contribution in [0.25, 0.3) is 0 Å². The van der Waals surface area contributed by atoms with Crippen molar-refractivity contribution in [3.8, 4) is 0 Å². The number of nitrogens with zero attached hydrogens (tertiary/aromatic N) is 1. The van der Waals surface area contributed by atoms with Crippen LogP contribution in [-0.4, -0.2) is 37.6 Å². The molecule has 134 valence electrons. The molecular weight excluding hydrogens is 298 g/mol. The lowest BCUT2D eigenvalue weighted by molar-refractivity contribution is 0.0600. The van der Waals surface area contributed by atoms with Gasteiger partial charge >= 0.3 is 5.97 Å². The molecule has 0 amide bonds. The molecule has 0 N–H and O–H groups in total. The average molecular weight is 332 g/mol. The lowest BCUT2D eigenvalue weighted by Gasteiger charge is -2.24. The Balaban J connectivity index is 1.78. The molecule has 1 fully saturated rings. The molecule has 1 aliphatic carbocycles. The molecule has 0 saturated heterocycles. The third kappa shape index (κ3) is 5.62. The van der Waals surface area contributed by atoms with Crippen LogP contribution < -0.4 is 0 Å². The van der Waals surface area contributed by atoms with E-state index in [-0.39, 0.29) is 5.97 Å². The topological polar surface area (TPSA) is 29.5 Å². The van der Waals surface area contributed by atoms with E-state index in [1.165, 1.54) is 51.3 Å². The minimum Gasteiger partial charge on any atom is -0.465 e. The molecule has 2 atom stereocenters. The highest BCUT2D eigenvalue weighted by molar-refractivity contribution is 5.89. The number of carbonyl (C=O) groups excluding carboxylic acids is 1. The summed E-state index contributed by atoms with van der Waals surface area (Å²) in [7, 11) is 1.42. The predicted octanol–water partition coefficient (Wildman–Crippen LogP) is 4.55. The molecular formula is C21H33NO2. The van der Waals surface area contributed by atoms with Gasteiger partial charge in [0.05, 0.1) is 12.7 Å². The molecule has 0 heterocycles. The summed E-state index contributed by atoms with van der Waals surface area (Å²) in [5, 5.41) is 0. The molecule has 0 aliphatic heterocycles. The number of methoxy groups -OCH3 is 1. The number of esters is 1. The van der Waals surface area contributed by atoms with Crippen LogP contribution in [0.3, 0.4) is 0 Å². The predicted molar refractivity (Wildman–Crippen MR) is 99.3 cm³/mol. The summed E-state index contributed by atoms with van der Waals surface area (Å²) < 4.78 is 4.74. The minimum absolute atomic E-state index is 0.264. The molecule has 2 rings (SSSR count). The summed E-state index contributed by atoms with van der Waals surface area (Å²) in [4.78, 5) is 14.1. The Labute approximate surface area is 147 Å². The average Bonchev–Trinajstić information content (AvgIpc) is 3.05. The number of carbonyl (C=O) groups is 1. The zero-order chi connectivity index (χ0) is 17.4. The summed E-state index contributed by atoms with van der Waals surface area (Å²) in [5.74, 6) is 1.60. The van der Waals surface area contributed by atoms with Gasteiger partial charge in [-0.15, -0.1) is 0 Å². The quantitative estimate of drug-likeness (QED) is 0.622. The van der Waals surface area contributed by atoms with Crippen LogP contribution in [0, 0.1) is 11.8 Å². The summed E-state index contributed by atoms with van der Waals surface area (Å²) in [6, 6.07) is 7.83. The van der Waals surface area contributed by atoms with E-state index in [1.807, 2.05) is 24.3 Å². The molecule has 0 aromatic heterocycles. The van der Waals surface area contributed by atoms with Gasteiger partial charge in [-0.1, -0.05) is 45.2 Å². The van der Waals surface area contributed by atoms with Crippen LogP contribution in [0.15, 0.2) is 24.3 Å². The first-order valence-corrected chi connectivity index (χ1v) is 9.55. The molecule has 1 aromatic rings. The van der Waals surface area contributed by atoms with E-state index < -0.39 is 0 Å². The second-order valence-corrected chi connectivity index (χ2v) is 7.17. The Bertz CT molecular complexity index is 497. The van der Waals surface area contributed by atoms with E-state index in [9.17, 15) is 4.79 Å². The van der Waals surface area contributed by atoms with Gasteiger partial charge in [-0.2, -0.15) is 0 Å². The fourth-order valence-electron chi connectivity index (χ4n) is 3.97. The van der Waals surface area contributed by atoms with Crippen molar-refractivity contribution < 1.29 is 9.53 Å². The van der Waals surface area contributed by atoms with Gasteiger partial charge in [-0.05, 0) is 55.3 Å². The van der Waals surface area contributed by atoms with Crippen molar-refractivity contribution in [2.45, 2.75) is 52.4 Å². The van der Waals surface area contributed by atoms with Crippen molar-refractivity contribution in [1.82, 2.24) is 4.90 Å². The van der Waals surface area contributed by atoms with Crippen molar-refractivity contribution in [2.24, 2.45) is 11.8 Å². The Kier molecular flexibility index (Phi) is 7.77. The number of benzene rings is 1. The molecule has 0 bridgehead atoms. The van der Waals surface area contributed by atoms with Crippen LogP contribution in [0.5, 0.6) is 0 Å². The fourth-order valence-corrected chi connectivity index (χ4v) is 3.97. The zero-order valence-electron chi connectivity index (χ0n) is 15.6. The van der Waals surface area contributed by atoms with Gasteiger partial charge in [0.1, 0.15) is 0 Å². The molecule has 3 heteroatoms. The van der Waals surface area contributed by atoms with Crippen LogP contribution >= 0.6 is 0 Å². The van der Waals surface area contributed by atoms with Gasteiger partial charge in [0.15, 0.2) is 0 Å². The highest BCUT2D eigenvalue weighted by Crippen LogP contribution is 2.34. The van der Waals surface area contributed by atoms with Crippen LogP contribution in [0.4, 0.5) is 0 Å². The van der Waals surface area contributed by atoms with Gasteiger partial charge in [0.25, 0.3) is 0 Å². The van der Waals surface area contributed by atoms with E-state index >= 15 is 0 Å². The van der Waals surface area contributed by atoms with Crippen molar-refractivity contribution in [3.05, 3.63) is 35.4 Å². The van der Waals surface area contributed by atoms with E-state index in [0.717, 1.165) is 31.3 Å². The first-order chi connectivity index (χ1) is 11.7. The number of rotatable bonds is 9. The highest BCUT2D eigenvalue weighted by atomic mass is 16.5. The van der Waals surface area contributed by atoms with Gasteiger partial charge in [-0.25, -0.2) is 4.79 Å². The van der Waals surface area contributed by atoms with Gasteiger partial charge in [0, 0.05) is 13.1 Å². The van der Waals surface area contributed by atoms with E-state index in [2.05, 4.69) is 18.7 Å². The lowest BCUT2D eigenvalue weighted by Crippen LogP contribution is -2.30. The SMILES string of the molecule is CCCC1CCC(CN(CC)CCc2ccc(C(=O)OC)cc2)C1. The molecule has 1 aliphatic rings. The maximum Gasteiger partial charge on any atom is 0.337 e. The molecule has 1 saturated carbocycles. The van der Waals surface area contributed by atoms with Crippen LogP contribution in [0.1, 0.15) is 61.9 Å². The molecule has 3 nitrogen and oxygen atoms in total. The van der Waals surface area contributed by atoms with E-state index in [4.69, 9.17) is 4.74 Å². The first kappa shape index (κ1) is 19.0.